The second kappa shape index (κ2) is 8.40. The van der Waals surface area contributed by atoms with Crippen LogP contribution in [-0.4, -0.2) is 45.8 Å². The van der Waals surface area contributed by atoms with Crippen LogP contribution in [0.5, 0.6) is 0 Å². The molecule has 2 aromatic carbocycles. The molecule has 4 rings (SSSR count). The summed E-state index contributed by atoms with van der Waals surface area (Å²) >= 11 is 0. The number of hydrogen-bond donors (Lipinski definition) is 0. The molecule has 0 aliphatic carbocycles. The summed E-state index contributed by atoms with van der Waals surface area (Å²) in [7, 11) is -3.85. The van der Waals surface area contributed by atoms with Gasteiger partial charge < -0.3 is 9.64 Å². The van der Waals surface area contributed by atoms with Gasteiger partial charge in [0.15, 0.2) is 0 Å². The van der Waals surface area contributed by atoms with Crippen molar-refractivity contribution >= 4 is 26.7 Å². The minimum atomic E-state index is -3.85. The summed E-state index contributed by atoms with van der Waals surface area (Å²) in [6.07, 6.45) is 1.26. The zero-order chi connectivity index (χ0) is 21.1. The number of rotatable bonds is 5. The summed E-state index contributed by atoms with van der Waals surface area (Å²) in [6, 6.07) is 16.1. The molecule has 1 atom stereocenters. The van der Waals surface area contributed by atoms with Crippen molar-refractivity contribution in [1.29, 1.82) is 5.26 Å². The first-order valence-corrected chi connectivity index (χ1v) is 11.0. The van der Waals surface area contributed by atoms with Crippen molar-refractivity contribution < 1.29 is 17.3 Å². The van der Waals surface area contributed by atoms with Gasteiger partial charge in [0.25, 0.3) is 10.1 Å². The molecule has 0 saturated carbocycles. The van der Waals surface area contributed by atoms with E-state index in [2.05, 4.69) is 16.0 Å². The van der Waals surface area contributed by atoms with Crippen molar-refractivity contribution in [2.45, 2.75) is 17.9 Å². The fourth-order valence-electron chi connectivity index (χ4n) is 3.50. The Balaban J connectivity index is 1.50. The maximum Gasteiger partial charge on any atom is 0.297 e. The molecule has 1 saturated heterocycles. The van der Waals surface area contributed by atoms with Gasteiger partial charge in [0.2, 0.25) is 0 Å². The highest BCUT2D eigenvalue weighted by atomic mass is 32.2. The number of ether oxygens (including phenoxy) is 1. The number of nitriles is 1. The van der Waals surface area contributed by atoms with Crippen LogP contribution < -0.4 is 4.90 Å². The minimum Gasteiger partial charge on any atom is -0.372 e. The number of anilines is 1. The van der Waals surface area contributed by atoms with Gasteiger partial charge >= 0.3 is 0 Å². The maximum atomic E-state index is 12.5. The van der Waals surface area contributed by atoms with Gasteiger partial charge in [-0.2, -0.15) is 13.7 Å². The number of morpholine rings is 1. The van der Waals surface area contributed by atoms with Gasteiger partial charge in [-0.25, -0.2) is 0 Å². The number of hydrogen-bond acceptors (Lipinski definition) is 7. The van der Waals surface area contributed by atoms with Crippen LogP contribution in [0.2, 0.25) is 0 Å². The van der Waals surface area contributed by atoms with Gasteiger partial charge in [-0.15, -0.1) is 0 Å². The topological polar surface area (TPSA) is 92.5 Å². The van der Waals surface area contributed by atoms with E-state index < -0.39 is 16.2 Å². The summed E-state index contributed by atoms with van der Waals surface area (Å²) in [5.41, 5.74) is 3.08. The van der Waals surface area contributed by atoms with Crippen LogP contribution in [0.4, 0.5) is 5.69 Å². The molecular formula is C22H21N3O4S. The van der Waals surface area contributed by atoms with Crippen LogP contribution in [-0.2, 0) is 19.0 Å². The van der Waals surface area contributed by atoms with E-state index in [9.17, 15) is 13.7 Å². The molecule has 1 aromatic heterocycles. The summed E-state index contributed by atoms with van der Waals surface area (Å²) < 4.78 is 35.9. The van der Waals surface area contributed by atoms with Crippen LogP contribution >= 0.6 is 0 Å². The van der Waals surface area contributed by atoms with Crippen LogP contribution in [0.15, 0.2) is 59.6 Å². The smallest absolute Gasteiger partial charge is 0.297 e. The van der Waals surface area contributed by atoms with E-state index in [1.807, 2.05) is 25.1 Å². The molecule has 30 heavy (non-hydrogen) atoms. The lowest BCUT2D eigenvalue weighted by atomic mass is 10.1. The van der Waals surface area contributed by atoms with Crippen molar-refractivity contribution in [2.24, 2.45) is 0 Å². The maximum absolute atomic E-state index is 12.5. The summed E-state index contributed by atoms with van der Waals surface area (Å²) in [5, 5.41) is 10.2. The predicted octanol–water partition coefficient (Wildman–Crippen LogP) is 3.03. The third kappa shape index (κ3) is 4.14. The van der Waals surface area contributed by atoms with Crippen molar-refractivity contribution in [3.05, 3.63) is 65.9 Å². The molecule has 2 heterocycles. The molecule has 3 aromatic rings. The average Bonchev–Trinajstić information content (AvgIpc) is 2.77. The SMILES string of the molecule is Cc1ccc(S(=O)(=O)OC[C@H]2CN(c3ccc(C#N)c4ncccc34)CCO2)cc1. The molecule has 0 unspecified atom stereocenters. The molecule has 0 amide bonds. The van der Waals surface area contributed by atoms with Gasteiger partial charge in [-0.1, -0.05) is 17.7 Å². The van der Waals surface area contributed by atoms with Crippen molar-refractivity contribution in [3.63, 3.8) is 0 Å². The molecule has 1 aliphatic rings. The Hall–Kier alpha value is -2.99. The molecule has 0 N–H and O–H groups in total. The molecular weight excluding hydrogens is 402 g/mol. The molecule has 8 heteroatoms. The van der Waals surface area contributed by atoms with E-state index in [0.717, 1.165) is 16.6 Å². The van der Waals surface area contributed by atoms with Crippen LogP contribution in [0.1, 0.15) is 11.1 Å². The van der Waals surface area contributed by atoms with Crippen LogP contribution in [0.25, 0.3) is 10.9 Å². The summed E-state index contributed by atoms with van der Waals surface area (Å²) in [6.45, 7) is 3.39. The lowest BCUT2D eigenvalue weighted by Crippen LogP contribution is -2.44. The van der Waals surface area contributed by atoms with Crippen molar-refractivity contribution in [1.82, 2.24) is 4.98 Å². The number of pyridine rings is 1. The molecule has 0 radical (unpaired) electrons. The largest absolute Gasteiger partial charge is 0.372 e. The van der Waals surface area contributed by atoms with E-state index in [0.29, 0.717) is 30.8 Å². The number of fused-ring (bicyclic) bond motifs is 1. The first-order valence-electron chi connectivity index (χ1n) is 9.58. The minimum absolute atomic E-state index is 0.0703. The fraction of sp³-hybridized carbons (Fsp3) is 0.273. The van der Waals surface area contributed by atoms with Crippen LogP contribution in [0.3, 0.4) is 0 Å². The van der Waals surface area contributed by atoms with E-state index in [-0.39, 0.29) is 11.5 Å². The van der Waals surface area contributed by atoms with E-state index in [4.69, 9.17) is 8.92 Å². The molecule has 1 aliphatic heterocycles. The lowest BCUT2D eigenvalue weighted by molar-refractivity contribution is 0.0118. The van der Waals surface area contributed by atoms with Gasteiger partial charge in [-0.05, 0) is 43.3 Å². The second-order valence-electron chi connectivity index (χ2n) is 7.13. The Bertz CT molecular complexity index is 1200. The Labute approximate surface area is 175 Å². The quantitative estimate of drug-likeness (QED) is 0.583. The standard InChI is InChI=1S/C22H21N3O4S/c1-16-4-7-19(8-5-16)30(26,27)29-15-18-14-25(11-12-28-18)21-9-6-17(13-23)22-20(21)3-2-10-24-22/h2-10,18H,11-12,14-15H2,1H3/t18-/m1/s1. The van der Waals surface area contributed by atoms with Crippen molar-refractivity contribution in [3.8, 4) is 6.07 Å². The summed E-state index contributed by atoms with van der Waals surface area (Å²) in [4.78, 5) is 6.59. The Kier molecular flexibility index (Phi) is 5.68. The highest BCUT2D eigenvalue weighted by molar-refractivity contribution is 7.86. The highest BCUT2D eigenvalue weighted by Gasteiger charge is 2.25. The molecule has 0 spiro atoms. The van der Waals surface area contributed by atoms with Gasteiger partial charge in [0.1, 0.15) is 6.07 Å². The fourth-order valence-corrected chi connectivity index (χ4v) is 4.44. The van der Waals surface area contributed by atoms with E-state index in [1.54, 1.807) is 24.4 Å². The monoisotopic (exact) mass is 423 g/mol. The van der Waals surface area contributed by atoms with Gasteiger partial charge in [0.05, 0.1) is 35.3 Å². The first-order chi connectivity index (χ1) is 14.5. The molecule has 154 valence electrons. The second-order valence-corrected chi connectivity index (χ2v) is 8.75. The number of nitrogens with zero attached hydrogens (tertiary/aromatic N) is 3. The zero-order valence-corrected chi connectivity index (χ0v) is 17.3. The average molecular weight is 423 g/mol. The number of benzene rings is 2. The third-order valence-electron chi connectivity index (χ3n) is 5.07. The van der Waals surface area contributed by atoms with Crippen molar-refractivity contribution in [2.75, 3.05) is 31.2 Å². The highest BCUT2D eigenvalue weighted by Crippen LogP contribution is 2.29. The number of aromatic nitrogens is 1. The predicted molar refractivity (Wildman–Crippen MR) is 113 cm³/mol. The van der Waals surface area contributed by atoms with E-state index >= 15 is 0 Å². The van der Waals surface area contributed by atoms with Gasteiger partial charge in [0, 0.05) is 30.4 Å². The first kappa shape index (κ1) is 20.3. The normalized spacial score (nSPS) is 17.1. The molecule has 7 nitrogen and oxygen atoms in total. The van der Waals surface area contributed by atoms with E-state index in [1.165, 1.54) is 12.1 Å². The van der Waals surface area contributed by atoms with Crippen LogP contribution in [0, 0.1) is 18.3 Å². The number of aryl methyl sites for hydroxylation is 1. The lowest BCUT2D eigenvalue weighted by Gasteiger charge is -2.34. The Morgan fingerprint density at radius 1 is 1.23 bits per heavy atom. The molecule has 0 bridgehead atoms. The molecule has 1 fully saturated rings. The summed E-state index contributed by atoms with van der Waals surface area (Å²) in [5.74, 6) is 0. The third-order valence-corrected chi connectivity index (χ3v) is 6.36. The Morgan fingerprint density at radius 3 is 2.80 bits per heavy atom. The zero-order valence-electron chi connectivity index (χ0n) is 16.5. The van der Waals surface area contributed by atoms with Gasteiger partial charge in [-0.3, -0.25) is 9.17 Å². The Morgan fingerprint density at radius 2 is 2.03 bits per heavy atom.